The number of rotatable bonds is 8. The number of carbonyl (C=O) groups is 1. The van der Waals surface area contributed by atoms with Crippen LogP contribution in [0.5, 0.6) is 11.5 Å². The van der Waals surface area contributed by atoms with Gasteiger partial charge in [0.2, 0.25) is 0 Å². The third-order valence-corrected chi connectivity index (χ3v) is 5.34. The molecule has 1 aromatic heterocycles. The van der Waals surface area contributed by atoms with E-state index >= 15 is 0 Å². The predicted octanol–water partition coefficient (Wildman–Crippen LogP) is 3.57. The number of furan rings is 1. The molecular weight excluding hydrogens is 398 g/mol. The normalized spacial score (nSPS) is 14.4. The SMILES string of the molecule is CN=C(NCc1cc(C(=O)OC)c(C)o1)NCc1cccc(OC)c1OC1CCCC1. The molecule has 1 saturated carbocycles. The van der Waals surface area contributed by atoms with Crippen LogP contribution in [-0.4, -0.2) is 39.3 Å². The minimum atomic E-state index is -0.414. The van der Waals surface area contributed by atoms with Crippen LogP contribution in [0.15, 0.2) is 33.7 Å². The molecule has 31 heavy (non-hydrogen) atoms. The minimum Gasteiger partial charge on any atom is -0.493 e. The first-order valence-electron chi connectivity index (χ1n) is 10.5. The summed E-state index contributed by atoms with van der Waals surface area (Å²) in [4.78, 5) is 16.0. The Morgan fingerprint density at radius 3 is 2.61 bits per heavy atom. The van der Waals surface area contributed by atoms with Gasteiger partial charge in [0.1, 0.15) is 17.1 Å². The summed E-state index contributed by atoms with van der Waals surface area (Å²) in [6.45, 7) is 2.63. The van der Waals surface area contributed by atoms with Crippen molar-refractivity contribution in [2.24, 2.45) is 4.99 Å². The monoisotopic (exact) mass is 429 g/mol. The number of hydrogen-bond acceptors (Lipinski definition) is 6. The molecule has 0 aliphatic heterocycles. The molecule has 1 fully saturated rings. The van der Waals surface area contributed by atoms with Crippen LogP contribution in [0, 0.1) is 6.92 Å². The zero-order valence-electron chi connectivity index (χ0n) is 18.6. The zero-order valence-corrected chi connectivity index (χ0v) is 18.6. The highest BCUT2D eigenvalue weighted by Gasteiger charge is 2.21. The van der Waals surface area contributed by atoms with Gasteiger partial charge in [-0.05, 0) is 44.7 Å². The molecule has 8 nitrogen and oxygen atoms in total. The average Bonchev–Trinajstić information content (AvgIpc) is 3.43. The summed E-state index contributed by atoms with van der Waals surface area (Å²) in [7, 11) is 4.70. The van der Waals surface area contributed by atoms with Crippen LogP contribution in [0.1, 0.15) is 53.1 Å². The summed E-state index contributed by atoms with van der Waals surface area (Å²) in [6.07, 6.45) is 4.79. The van der Waals surface area contributed by atoms with Crippen LogP contribution >= 0.6 is 0 Å². The fourth-order valence-electron chi connectivity index (χ4n) is 3.68. The second-order valence-corrected chi connectivity index (χ2v) is 7.43. The van der Waals surface area contributed by atoms with Crippen LogP contribution < -0.4 is 20.1 Å². The van der Waals surface area contributed by atoms with E-state index in [0.29, 0.717) is 36.1 Å². The molecule has 1 heterocycles. The largest absolute Gasteiger partial charge is 0.493 e. The van der Waals surface area contributed by atoms with E-state index in [2.05, 4.69) is 15.6 Å². The van der Waals surface area contributed by atoms with Crippen molar-refractivity contribution in [2.45, 2.75) is 51.8 Å². The summed E-state index contributed by atoms with van der Waals surface area (Å²) >= 11 is 0. The number of benzene rings is 1. The number of methoxy groups -OCH3 is 2. The molecule has 0 saturated heterocycles. The highest BCUT2D eigenvalue weighted by atomic mass is 16.5. The van der Waals surface area contributed by atoms with Crippen LogP contribution in [0.4, 0.5) is 0 Å². The minimum absolute atomic E-state index is 0.235. The van der Waals surface area contributed by atoms with Crippen molar-refractivity contribution in [3.8, 4) is 11.5 Å². The first-order chi connectivity index (χ1) is 15.0. The molecule has 1 aromatic carbocycles. The quantitative estimate of drug-likeness (QED) is 0.376. The number of ether oxygens (including phenoxy) is 3. The van der Waals surface area contributed by atoms with Crippen molar-refractivity contribution in [1.29, 1.82) is 0 Å². The molecule has 2 N–H and O–H groups in total. The van der Waals surface area contributed by atoms with Crippen molar-refractivity contribution in [3.63, 3.8) is 0 Å². The van der Waals surface area contributed by atoms with Gasteiger partial charge in [0.05, 0.1) is 26.9 Å². The second kappa shape index (κ2) is 10.7. The number of aryl methyl sites for hydroxylation is 1. The maximum Gasteiger partial charge on any atom is 0.341 e. The molecule has 0 spiro atoms. The van der Waals surface area contributed by atoms with Crippen LogP contribution in [-0.2, 0) is 17.8 Å². The van der Waals surface area contributed by atoms with E-state index in [1.807, 2.05) is 18.2 Å². The van der Waals surface area contributed by atoms with Gasteiger partial charge in [0, 0.05) is 19.2 Å². The summed E-state index contributed by atoms with van der Waals surface area (Å²) in [5.74, 6) is 2.84. The van der Waals surface area contributed by atoms with Gasteiger partial charge in [-0.1, -0.05) is 12.1 Å². The molecule has 1 aliphatic carbocycles. The van der Waals surface area contributed by atoms with Gasteiger partial charge in [0.25, 0.3) is 0 Å². The number of aliphatic imine (C=N–C) groups is 1. The lowest BCUT2D eigenvalue weighted by Crippen LogP contribution is -2.36. The first-order valence-corrected chi connectivity index (χ1v) is 10.5. The highest BCUT2D eigenvalue weighted by Crippen LogP contribution is 2.34. The smallest absolute Gasteiger partial charge is 0.341 e. The number of carbonyl (C=O) groups excluding carboxylic acids is 1. The van der Waals surface area contributed by atoms with Gasteiger partial charge in [0.15, 0.2) is 17.5 Å². The number of guanidine groups is 1. The predicted molar refractivity (Wildman–Crippen MR) is 118 cm³/mol. The fraction of sp³-hybridized carbons (Fsp3) is 0.478. The molecule has 0 atom stereocenters. The molecule has 1 aliphatic rings. The topological polar surface area (TPSA) is 94.3 Å². The molecule has 0 radical (unpaired) electrons. The molecule has 0 bridgehead atoms. The van der Waals surface area contributed by atoms with Crippen molar-refractivity contribution >= 4 is 11.9 Å². The molecule has 8 heteroatoms. The number of esters is 1. The Kier molecular flexibility index (Phi) is 7.81. The first kappa shape index (κ1) is 22.5. The van der Waals surface area contributed by atoms with E-state index in [1.54, 1.807) is 27.1 Å². The zero-order chi connectivity index (χ0) is 22.2. The van der Waals surface area contributed by atoms with Gasteiger partial charge in [-0.25, -0.2) is 4.79 Å². The molecular formula is C23H31N3O5. The lowest BCUT2D eigenvalue weighted by Gasteiger charge is -2.20. The highest BCUT2D eigenvalue weighted by molar-refractivity contribution is 5.90. The summed E-state index contributed by atoms with van der Waals surface area (Å²) in [5.41, 5.74) is 1.42. The second-order valence-electron chi connectivity index (χ2n) is 7.43. The van der Waals surface area contributed by atoms with Crippen molar-refractivity contribution in [1.82, 2.24) is 10.6 Å². The van der Waals surface area contributed by atoms with E-state index in [0.717, 1.165) is 29.9 Å². The Bertz CT molecular complexity index is 916. The Balaban J connectivity index is 1.62. The summed E-state index contributed by atoms with van der Waals surface area (Å²) in [5, 5.41) is 6.49. The average molecular weight is 430 g/mol. The fourth-order valence-corrected chi connectivity index (χ4v) is 3.68. The van der Waals surface area contributed by atoms with E-state index in [9.17, 15) is 4.79 Å². The van der Waals surface area contributed by atoms with E-state index in [4.69, 9.17) is 18.6 Å². The van der Waals surface area contributed by atoms with E-state index < -0.39 is 5.97 Å². The van der Waals surface area contributed by atoms with Crippen molar-refractivity contribution in [3.05, 3.63) is 46.9 Å². The molecule has 0 unspecified atom stereocenters. The number of nitrogens with one attached hydrogen (secondary N) is 2. The molecule has 168 valence electrons. The van der Waals surface area contributed by atoms with Gasteiger partial charge >= 0.3 is 5.97 Å². The molecule has 3 rings (SSSR count). The number of hydrogen-bond donors (Lipinski definition) is 2. The third kappa shape index (κ3) is 5.71. The summed E-state index contributed by atoms with van der Waals surface area (Å²) in [6, 6.07) is 7.56. The van der Waals surface area contributed by atoms with Gasteiger partial charge < -0.3 is 29.3 Å². The summed E-state index contributed by atoms with van der Waals surface area (Å²) < 4.78 is 22.2. The van der Waals surface area contributed by atoms with Gasteiger partial charge in [-0.2, -0.15) is 0 Å². The van der Waals surface area contributed by atoms with Gasteiger partial charge in [-0.15, -0.1) is 0 Å². The molecule has 2 aromatic rings. The van der Waals surface area contributed by atoms with Crippen molar-refractivity contribution in [2.75, 3.05) is 21.3 Å². The Labute approximate surface area is 183 Å². The van der Waals surface area contributed by atoms with Crippen LogP contribution in [0.2, 0.25) is 0 Å². The van der Waals surface area contributed by atoms with E-state index in [1.165, 1.54) is 20.0 Å². The van der Waals surface area contributed by atoms with Crippen LogP contribution in [0.25, 0.3) is 0 Å². The van der Waals surface area contributed by atoms with Gasteiger partial charge in [-0.3, -0.25) is 4.99 Å². The lowest BCUT2D eigenvalue weighted by molar-refractivity contribution is 0.0599. The Morgan fingerprint density at radius 1 is 1.19 bits per heavy atom. The maximum atomic E-state index is 11.7. The Morgan fingerprint density at radius 2 is 1.94 bits per heavy atom. The number of nitrogens with zero attached hydrogens (tertiary/aromatic N) is 1. The maximum absolute atomic E-state index is 11.7. The lowest BCUT2D eigenvalue weighted by atomic mass is 10.1. The van der Waals surface area contributed by atoms with Crippen molar-refractivity contribution < 1.29 is 23.4 Å². The van der Waals surface area contributed by atoms with Crippen LogP contribution in [0.3, 0.4) is 0 Å². The number of para-hydroxylation sites is 1. The standard InChI is InChI=1S/C23H31N3O5/c1-15-19(22(27)29-4)12-18(30-15)14-26-23(24-2)25-13-16-8-7-11-20(28-3)21(16)31-17-9-5-6-10-17/h7-8,11-12,17H,5-6,9-10,13-14H2,1-4H3,(H2,24,25,26). The van der Waals surface area contributed by atoms with E-state index in [-0.39, 0.29) is 6.10 Å². The molecule has 0 amide bonds. The third-order valence-electron chi connectivity index (χ3n) is 5.34. The Hall–Kier alpha value is -3.16.